The van der Waals surface area contributed by atoms with Crippen molar-refractivity contribution in [3.8, 4) is 0 Å². The van der Waals surface area contributed by atoms with Crippen LogP contribution in [0.3, 0.4) is 0 Å². The Morgan fingerprint density at radius 1 is 1.12 bits per heavy atom. The molecule has 0 radical (unpaired) electrons. The molecule has 0 spiro atoms. The number of rotatable bonds is 6. The highest BCUT2D eigenvalue weighted by molar-refractivity contribution is 6.08. The minimum atomic E-state index is -0.329. The molecule has 134 valence electrons. The van der Waals surface area contributed by atoms with Gasteiger partial charge in [-0.2, -0.15) is 0 Å². The number of fused-ring (bicyclic) bond motifs is 1. The van der Waals surface area contributed by atoms with Crippen LogP contribution in [-0.4, -0.2) is 35.7 Å². The summed E-state index contributed by atoms with van der Waals surface area (Å²) in [6.07, 6.45) is 3.49. The van der Waals surface area contributed by atoms with Crippen LogP contribution in [0, 0.1) is 11.8 Å². The Hall–Kier alpha value is -2.21. The molecule has 1 aliphatic carbocycles. The van der Waals surface area contributed by atoms with E-state index in [0.717, 1.165) is 42.7 Å². The molecule has 2 fully saturated rings. The number of anilines is 1. The molecular weight excluding hydrogens is 318 g/mol. The number of likely N-dealkylation sites (tertiary alicyclic amines) is 1. The summed E-state index contributed by atoms with van der Waals surface area (Å²) in [5, 5.41) is 6.07. The number of imide groups is 1. The lowest BCUT2D eigenvalue weighted by atomic mass is 9.81. The lowest BCUT2D eigenvalue weighted by Gasteiger charge is -2.19. The van der Waals surface area contributed by atoms with Gasteiger partial charge in [0.05, 0.1) is 11.8 Å². The van der Waals surface area contributed by atoms with Crippen molar-refractivity contribution in [2.45, 2.75) is 39.2 Å². The van der Waals surface area contributed by atoms with Crippen LogP contribution < -0.4 is 10.6 Å². The second-order valence-corrected chi connectivity index (χ2v) is 6.75. The maximum absolute atomic E-state index is 12.5. The molecule has 2 unspecified atom stereocenters. The van der Waals surface area contributed by atoms with E-state index in [1.807, 2.05) is 31.2 Å². The van der Waals surface area contributed by atoms with Crippen LogP contribution in [0.5, 0.6) is 0 Å². The highest BCUT2D eigenvalue weighted by atomic mass is 16.2. The minimum absolute atomic E-state index is 0.175. The van der Waals surface area contributed by atoms with Gasteiger partial charge in [0.25, 0.3) is 0 Å². The molecular formula is C19H25N3O3. The summed E-state index contributed by atoms with van der Waals surface area (Å²) in [7, 11) is 0. The van der Waals surface area contributed by atoms with E-state index in [9.17, 15) is 14.4 Å². The van der Waals surface area contributed by atoms with E-state index < -0.39 is 0 Å². The summed E-state index contributed by atoms with van der Waals surface area (Å²) in [5.41, 5.74) is 1.69. The van der Waals surface area contributed by atoms with Gasteiger partial charge in [-0.25, -0.2) is 0 Å². The fourth-order valence-corrected chi connectivity index (χ4v) is 3.78. The summed E-state index contributed by atoms with van der Waals surface area (Å²) in [6.45, 7) is 3.31. The van der Waals surface area contributed by atoms with Crippen molar-refractivity contribution in [3.63, 3.8) is 0 Å². The first kappa shape index (κ1) is 17.6. The molecule has 1 saturated carbocycles. The SMILES string of the molecule is CCNCc1ccccc1NC(=O)CN1C(=O)C2CCCCC2C1=O. The zero-order chi connectivity index (χ0) is 17.8. The average Bonchev–Trinajstić information content (AvgIpc) is 2.86. The molecule has 1 aromatic carbocycles. The van der Waals surface area contributed by atoms with Crippen molar-refractivity contribution in [2.75, 3.05) is 18.4 Å². The summed E-state index contributed by atoms with van der Waals surface area (Å²) in [6, 6.07) is 7.54. The Kier molecular flexibility index (Phi) is 5.48. The first-order valence-electron chi connectivity index (χ1n) is 9.05. The Morgan fingerprint density at radius 3 is 2.40 bits per heavy atom. The third-order valence-electron chi connectivity index (χ3n) is 5.09. The van der Waals surface area contributed by atoms with Crippen LogP contribution in [0.15, 0.2) is 24.3 Å². The summed E-state index contributed by atoms with van der Waals surface area (Å²) in [5.74, 6) is -1.11. The molecule has 1 aliphatic heterocycles. The van der Waals surface area contributed by atoms with Crippen molar-refractivity contribution >= 4 is 23.4 Å². The fourth-order valence-electron chi connectivity index (χ4n) is 3.78. The number of nitrogens with one attached hydrogen (secondary N) is 2. The number of benzene rings is 1. The van der Waals surface area contributed by atoms with E-state index in [2.05, 4.69) is 10.6 Å². The molecule has 6 heteroatoms. The molecule has 25 heavy (non-hydrogen) atoms. The largest absolute Gasteiger partial charge is 0.324 e. The predicted octanol–water partition coefficient (Wildman–Crippen LogP) is 1.91. The molecule has 2 atom stereocenters. The Morgan fingerprint density at radius 2 is 1.76 bits per heavy atom. The van der Waals surface area contributed by atoms with Crippen LogP contribution in [0.4, 0.5) is 5.69 Å². The van der Waals surface area contributed by atoms with Gasteiger partial charge in [-0.15, -0.1) is 0 Å². The first-order valence-corrected chi connectivity index (χ1v) is 9.05. The molecule has 2 aliphatic rings. The van der Waals surface area contributed by atoms with E-state index >= 15 is 0 Å². The quantitative estimate of drug-likeness (QED) is 0.774. The Bertz CT molecular complexity index is 650. The second kappa shape index (κ2) is 7.78. The number of para-hydroxylation sites is 1. The smallest absolute Gasteiger partial charge is 0.244 e. The van der Waals surface area contributed by atoms with Crippen molar-refractivity contribution in [2.24, 2.45) is 11.8 Å². The number of carbonyl (C=O) groups is 3. The first-order chi connectivity index (χ1) is 12.1. The maximum atomic E-state index is 12.5. The van der Waals surface area contributed by atoms with Crippen LogP contribution in [0.25, 0.3) is 0 Å². The van der Waals surface area contributed by atoms with Gasteiger partial charge in [-0.1, -0.05) is 38.0 Å². The molecule has 2 N–H and O–H groups in total. The van der Waals surface area contributed by atoms with Crippen molar-refractivity contribution in [1.29, 1.82) is 0 Å². The van der Waals surface area contributed by atoms with Gasteiger partial charge >= 0.3 is 0 Å². The zero-order valence-corrected chi connectivity index (χ0v) is 14.6. The van der Waals surface area contributed by atoms with Crippen LogP contribution >= 0.6 is 0 Å². The molecule has 1 saturated heterocycles. The van der Waals surface area contributed by atoms with Gasteiger partial charge in [-0.05, 0) is 31.0 Å². The molecule has 0 bridgehead atoms. The summed E-state index contributed by atoms with van der Waals surface area (Å²) >= 11 is 0. The van der Waals surface area contributed by atoms with Crippen LogP contribution in [0.2, 0.25) is 0 Å². The normalized spacial score (nSPS) is 22.8. The van der Waals surface area contributed by atoms with Crippen LogP contribution in [-0.2, 0) is 20.9 Å². The highest BCUT2D eigenvalue weighted by Gasteiger charge is 2.48. The van der Waals surface area contributed by atoms with E-state index in [-0.39, 0.29) is 36.1 Å². The van der Waals surface area contributed by atoms with Gasteiger partial charge < -0.3 is 10.6 Å². The fraction of sp³-hybridized carbons (Fsp3) is 0.526. The van der Waals surface area contributed by atoms with Crippen LogP contribution in [0.1, 0.15) is 38.2 Å². The molecule has 0 aromatic heterocycles. The van der Waals surface area contributed by atoms with E-state index in [1.54, 1.807) is 0 Å². The van der Waals surface area contributed by atoms with Gasteiger partial charge in [0.1, 0.15) is 6.54 Å². The van der Waals surface area contributed by atoms with Gasteiger partial charge in [0, 0.05) is 12.2 Å². The van der Waals surface area contributed by atoms with Gasteiger partial charge in [0.2, 0.25) is 17.7 Å². The number of hydrogen-bond donors (Lipinski definition) is 2. The second-order valence-electron chi connectivity index (χ2n) is 6.75. The number of carbonyl (C=O) groups excluding carboxylic acids is 3. The van der Waals surface area contributed by atoms with Crippen molar-refractivity contribution in [3.05, 3.63) is 29.8 Å². The van der Waals surface area contributed by atoms with Crippen molar-refractivity contribution in [1.82, 2.24) is 10.2 Å². The molecule has 1 aromatic rings. The summed E-state index contributed by atoms with van der Waals surface area (Å²) in [4.78, 5) is 38.5. The Labute approximate surface area is 148 Å². The molecule has 6 nitrogen and oxygen atoms in total. The minimum Gasteiger partial charge on any atom is -0.324 e. The average molecular weight is 343 g/mol. The number of hydrogen-bond acceptors (Lipinski definition) is 4. The number of amides is 3. The van der Waals surface area contributed by atoms with E-state index in [4.69, 9.17) is 0 Å². The number of nitrogens with zero attached hydrogens (tertiary/aromatic N) is 1. The lowest BCUT2D eigenvalue weighted by molar-refractivity contribution is -0.142. The summed E-state index contributed by atoms with van der Waals surface area (Å²) < 4.78 is 0. The van der Waals surface area contributed by atoms with Crippen molar-refractivity contribution < 1.29 is 14.4 Å². The monoisotopic (exact) mass is 343 g/mol. The zero-order valence-electron chi connectivity index (χ0n) is 14.6. The van der Waals surface area contributed by atoms with Gasteiger partial charge in [0.15, 0.2) is 0 Å². The Balaban J connectivity index is 1.65. The third-order valence-corrected chi connectivity index (χ3v) is 5.09. The molecule has 1 heterocycles. The molecule has 3 amide bonds. The standard InChI is InChI=1S/C19H25N3O3/c1-2-20-11-13-7-3-6-10-16(13)21-17(23)12-22-18(24)14-8-4-5-9-15(14)19(22)25/h3,6-7,10,14-15,20H,2,4-5,8-9,11-12H2,1H3,(H,21,23). The predicted molar refractivity (Wildman–Crippen MR) is 94.6 cm³/mol. The third kappa shape index (κ3) is 3.74. The molecule has 3 rings (SSSR count). The topological polar surface area (TPSA) is 78.5 Å². The van der Waals surface area contributed by atoms with Gasteiger partial charge in [-0.3, -0.25) is 19.3 Å². The highest BCUT2D eigenvalue weighted by Crippen LogP contribution is 2.37. The maximum Gasteiger partial charge on any atom is 0.244 e. The van der Waals surface area contributed by atoms with E-state index in [1.165, 1.54) is 0 Å². The van der Waals surface area contributed by atoms with E-state index in [0.29, 0.717) is 12.2 Å². The lowest BCUT2D eigenvalue weighted by Crippen LogP contribution is -2.38.